The minimum Gasteiger partial charge on any atom is -0.465 e. The maximum atomic E-state index is 10.9. The van der Waals surface area contributed by atoms with Crippen molar-refractivity contribution in [3.63, 3.8) is 0 Å². The Balaban J connectivity index is 1.50. The molecule has 0 bridgehead atoms. The molecule has 0 atom stereocenters. The van der Waals surface area contributed by atoms with Crippen LogP contribution in [-0.4, -0.2) is 69.4 Å². The molecule has 1 saturated heterocycles. The van der Waals surface area contributed by atoms with E-state index in [9.17, 15) is 4.79 Å². The van der Waals surface area contributed by atoms with Crippen LogP contribution in [0.4, 0.5) is 10.5 Å². The summed E-state index contributed by atoms with van der Waals surface area (Å²) in [6.45, 7) is 15.9. The van der Waals surface area contributed by atoms with Gasteiger partial charge in [0.05, 0.1) is 17.4 Å². The number of hydrogen-bond donors (Lipinski definition) is 2. The number of hydrogen-bond acceptors (Lipinski definition) is 6. The number of anilines is 1. The van der Waals surface area contributed by atoms with Crippen LogP contribution in [-0.2, 0) is 11.5 Å². The van der Waals surface area contributed by atoms with Gasteiger partial charge in [-0.15, -0.1) is 0 Å². The fourth-order valence-electron chi connectivity index (χ4n) is 5.17. The Hall–Kier alpha value is -3.70. The fraction of sp³-hybridized carbons (Fsp3) is 0.448. The molecule has 11 heteroatoms. The van der Waals surface area contributed by atoms with Gasteiger partial charge in [0.25, 0.3) is 0 Å². The van der Waals surface area contributed by atoms with Crippen molar-refractivity contribution in [2.45, 2.75) is 65.1 Å². The number of rotatable bonds is 10. The molecule has 1 amide bonds. The Bertz CT molecular complexity index is 1500. The number of nitrogens with zero attached hydrogens (tertiary/aromatic N) is 6. The lowest BCUT2D eigenvalue weighted by atomic mass is 9.93. The molecule has 1 aliphatic rings. The number of nitrogens with one attached hydrogen (secondary N) is 1. The van der Waals surface area contributed by atoms with Crippen molar-refractivity contribution in [1.82, 2.24) is 29.7 Å². The highest BCUT2D eigenvalue weighted by Crippen LogP contribution is 2.38. The number of carbonyl (C=O) groups is 1. The van der Waals surface area contributed by atoms with E-state index < -0.39 is 14.2 Å². The number of aryl methyl sites for hydroxylation is 1. The number of fused-ring (bicyclic) bond motifs is 1. The van der Waals surface area contributed by atoms with Crippen LogP contribution >= 0.6 is 0 Å². The minimum absolute atomic E-state index is 0.0327. The summed E-state index contributed by atoms with van der Waals surface area (Å²) >= 11 is 0. The van der Waals surface area contributed by atoms with Crippen LogP contribution in [0.1, 0.15) is 30.9 Å². The number of pyridine rings is 1. The standard InChI is InChI=1S/C29H39N7O3Si/c1-19(2)25-26(21-7-9-24(10-8-21)34-15-23(16-34)32-29(37)38)33-36(18-39-11-12-40(4,5)6)27(25)22-13-20(3)28-30-17-31-35(28)14-22/h7-10,13-14,17,19,23,32H,11-12,15-16,18H2,1-6H3,(H,37,38). The largest absolute Gasteiger partial charge is 0.465 e. The van der Waals surface area contributed by atoms with Crippen LogP contribution in [0.2, 0.25) is 25.7 Å². The Kier molecular flexibility index (Phi) is 7.69. The summed E-state index contributed by atoms with van der Waals surface area (Å²) in [7, 11) is -1.22. The van der Waals surface area contributed by atoms with Crippen LogP contribution in [0.5, 0.6) is 0 Å². The first kappa shape index (κ1) is 27.8. The van der Waals surface area contributed by atoms with E-state index in [1.807, 2.05) is 15.4 Å². The third kappa shape index (κ3) is 5.90. The number of carboxylic acid groups (broad SMARTS) is 1. The lowest BCUT2D eigenvalue weighted by Gasteiger charge is -2.40. The summed E-state index contributed by atoms with van der Waals surface area (Å²) in [5.41, 5.74) is 8.16. The Labute approximate surface area is 236 Å². The van der Waals surface area contributed by atoms with E-state index >= 15 is 0 Å². The van der Waals surface area contributed by atoms with Crippen molar-refractivity contribution >= 4 is 25.5 Å². The van der Waals surface area contributed by atoms with Crippen LogP contribution in [0.15, 0.2) is 42.9 Å². The van der Waals surface area contributed by atoms with Crippen molar-refractivity contribution in [1.29, 1.82) is 0 Å². The molecule has 4 aromatic rings. The highest BCUT2D eigenvalue weighted by molar-refractivity contribution is 6.76. The predicted octanol–water partition coefficient (Wildman–Crippen LogP) is 5.46. The highest BCUT2D eigenvalue weighted by Gasteiger charge is 2.29. The first-order valence-corrected chi connectivity index (χ1v) is 17.5. The number of benzene rings is 1. The lowest BCUT2D eigenvalue weighted by molar-refractivity contribution is 0.0799. The normalized spacial score (nSPS) is 14.2. The fourth-order valence-corrected chi connectivity index (χ4v) is 5.93. The van der Waals surface area contributed by atoms with Gasteiger partial charge < -0.3 is 20.1 Å². The SMILES string of the molecule is Cc1cc(-c2c(C(C)C)c(-c3ccc(N4CC(NC(=O)O)C4)cc3)nn2COCC[Si](C)(C)C)cn2ncnc12. The Morgan fingerprint density at radius 2 is 1.90 bits per heavy atom. The second-order valence-corrected chi connectivity index (χ2v) is 17.8. The minimum atomic E-state index is -1.22. The van der Waals surface area contributed by atoms with Crippen molar-refractivity contribution in [2.75, 3.05) is 24.6 Å². The molecule has 212 valence electrons. The molecular weight excluding hydrogens is 522 g/mol. The van der Waals surface area contributed by atoms with Gasteiger partial charge >= 0.3 is 6.09 Å². The van der Waals surface area contributed by atoms with Crippen molar-refractivity contribution < 1.29 is 14.6 Å². The first-order chi connectivity index (χ1) is 19.0. The smallest absolute Gasteiger partial charge is 0.405 e. The molecule has 40 heavy (non-hydrogen) atoms. The van der Waals surface area contributed by atoms with Gasteiger partial charge in [0.1, 0.15) is 13.1 Å². The van der Waals surface area contributed by atoms with Crippen molar-refractivity contribution in [2.24, 2.45) is 0 Å². The van der Waals surface area contributed by atoms with Crippen LogP contribution in [0, 0.1) is 6.92 Å². The molecule has 0 spiro atoms. The molecule has 4 heterocycles. The first-order valence-electron chi connectivity index (χ1n) is 13.8. The molecule has 1 fully saturated rings. The van der Waals surface area contributed by atoms with Gasteiger partial charge in [-0.3, -0.25) is 0 Å². The molecule has 1 aliphatic heterocycles. The summed E-state index contributed by atoms with van der Waals surface area (Å²) in [5.74, 6) is 0.213. The third-order valence-corrected chi connectivity index (χ3v) is 9.03. The molecule has 0 aliphatic carbocycles. The van der Waals surface area contributed by atoms with Crippen LogP contribution in [0.3, 0.4) is 0 Å². The zero-order valence-corrected chi connectivity index (χ0v) is 25.2. The summed E-state index contributed by atoms with van der Waals surface area (Å²) in [5, 5.41) is 21.0. The molecule has 5 rings (SSSR count). The summed E-state index contributed by atoms with van der Waals surface area (Å²) in [6.07, 6.45) is 2.63. The molecule has 0 radical (unpaired) electrons. The zero-order valence-electron chi connectivity index (χ0n) is 24.2. The average molecular weight is 562 g/mol. The van der Waals surface area contributed by atoms with Crippen LogP contribution < -0.4 is 10.2 Å². The Morgan fingerprint density at radius 3 is 2.55 bits per heavy atom. The van der Waals surface area contributed by atoms with Gasteiger partial charge in [-0.05, 0) is 42.6 Å². The quantitative estimate of drug-likeness (QED) is 0.195. The highest BCUT2D eigenvalue weighted by atomic mass is 28.3. The number of amides is 1. The van der Waals surface area contributed by atoms with Gasteiger partial charge in [-0.25, -0.2) is 19.0 Å². The van der Waals surface area contributed by atoms with E-state index in [1.165, 1.54) is 0 Å². The molecule has 0 saturated carbocycles. The lowest BCUT2D eigenvalue weighted by Crippen LogP contribution is -2.59. The van der Waals surface area contributed by atoms with Gasteiger partial charge in [-0.1, -0.05) is 45.6 Å². The monoisotopic (exact) mass is 561 g/mol. The van der Waals surface area contributed by atoms with Crippen LogP contribution in [0.25, 0.3) is 28.2 Å². The number of ether oxygens (including phenoxy) is 1. The Morgan fingerprint density at radius 1 is 1.18 bits per heavy atom. The molecule has 1 aromatic carbocycles. The molecule has 3 aromatic heterocycles. The molecule has 0 unspecified atom stereocenters. The second-order valence-electron chi connectivity index (χ2n) is 12.2. The van der Waals surface area contributed by atoms with E-state index in [2.05, 4.69) is 91.0 Å². The summed E-state index contributed by atoms with van der Waals surface area (Å²) in [6, 6.07) is 11.6. The van der Waals surface area contributed by atoms with Crippen molar-refractivity contribution in [3.05, 3.63) is 54.0 Å². The summed E-state index contributed by atoms with van der Waals surface area (Å²) < 4.78 is 10.0. The average Bonchev–Trinajstić information content (AvgIpc) is 3.48. The zero-order chi connectivity index (χ0) is 28.6. The molecule has 2 N–H and O–H groups in total. The number of aromatic nitrogens is 5. The van der Waals surface area contributed by atoms with E-state index in [4.69, 9.17) is 14.9 Å². The maximum absolute atomic E-state index is 10.9. The van der Waals surface area contributed by atoms with Gasteiger partial charge in [-0.2, -0.15) is 10.2 Å². The van der Waals surface area contributed by atoms with Gasteiger partial charge in [0.15, 0.2) is 5.65 Å². The van der Waals surface area contributed by atoms with E-state index in [-0.39, 0.29) is 12.0 Å². The van der Waals surface area contributed by atoms with E-state index in [0.29, 0.717) is 26.4 Å². The third-order valence-electron chi connectivity index (χ3n) is 7.32. The maximum Gasteiger partial charge on any atom is 0.405 e. The summed E-state index contributed by atoms with van der Waals surface area (Å²) in [4.78, 5) is 17.5. The second kappa shape index (κ2) is 11.1. The topological polar surface area (TPSA) is 110 Å². The predicted molar refractivity (Wildman–Crippen MR) is 160 cm³/mol. The molecular formula is C29H39N7O3Si. The van der Waals surface area contributed by atoms with Gasteiger partial charge in [0.2, 0.25) is 0 Å². The van der Waals surface area contributed by atoms with Crippen molar-refractivity contribution in [3.8, 4) is 22.5 Å². The van der Waals surface area contributed by atoms with E-state index in [0.717, 1.165) is 51.0 Å². The van der Waals surface area contributed by atoms with Gasteiger partial charge in [0, 0.05) is 56.3 Å². The molecule has 10 nitrogen and oxygen atoms in total. The van der Waals surface area contributed by atoms with E-state index in [1.54, 1.807) is 6.33 Å².